The SMILES string of the molecule is Cc1cc(OCC(C)(C)C(=O)O)ncc1-c1ccc(C(=N)/N=C(\NCOCCS(C)(C)C)OC2CCC2)cn1. The van der Waals surface area contributed by atoms with Crippen LogP contribution >= 0.6 is 10.0 Å². The molecular weight excluding hydrogens is 518 g/mol. The number of pyridine rings is 2. The van der Waals surface area contributed by atoms with Gasteiger partial charge in [-0.1, -0.05) is 0 Å². The number of carboxylic acid groups (broad SMARTS) is 1. The lowest BCUT2D eigenvalue weighted by Gasteiger charge is -2.27. The zero-order valence-electron chi connectivity index (χ0n) is 23.7. The van der Waals surface area contributed by atoms with E-state index in [0.717, 1.165) is 36.1 Å². The molecule has 2 aromatic heterocycles. The molecule has 0 amide bonds. The third-order valence-corrected chi connectivity index (χ3v) is 7.66. The Balaban J connectivity index is 1.63. The molecule has 0 unspecified atom stereocenters. The molecule has 1 aliphatic carbocycles. The number of aliphatic imine (C=N–C) groups is 1. The molecule has 3 N–H and O–H groups in total. The van der Waals surface area contributed by atoms with Crippen molar-refractivity contribution in [2.45, 2.75) is 46.1 Å². The van der Waals surface area contributed by atoms with Crippen molar-refractivity contribution < 1.29 is 24.1 Å². The Kier molecular flexibility index (Phi) is 10.3. The fourth-order valence-electron chi connectivity index (χ4n) is 3.30. The van der Waals surface area contributed by atoms with Gasteiger partial charge >= 0.3 is 5.97 Å². The normalized spacial score (nSPS) is 14.9. The molecule has 0 spiro atoms. The first kappa shape index (κ1) is 30.4. The Morgan fingerprint density at radius 3 is 2.54 bits per heavy atom. The fourth-order valence-corrected chi connectivity index (χ4v) is 3.92. The summed E-state index contributed by atoms with van der Waals surface area (Å²) >= 11 is 0. The summed E-state index contributed by atoms with van der Waals surface area (Å²) in [7, 11) is -0.618. The third kappa shape index (κ3) is 9.50. The number of rotatable bonds is 12. The lowest BCUT2D eigenvalue weighted by Crippen LogP contribution is -2.35. The lowest BCUT2D eigenvalue weighted by molar-refractivity contribution is -0.148. The first-order valence-corrected chi connectivity index (χ1v) is 16.0. The van der Waals surface area contributed by atoms with Crippen LogP contribution in [0.3, 0.4) is 0 Å². The number of carboxylic acids is 1. The minimum Gasteiger partial charge on any atom is -0.481 e. The molecule has 3 rings (SSSR count). The van der Waals surface area contributed by atoms with Gasteiger partial charge in [-0.25, -0.2) is 15.0 Å². The third-order valence-electron chi connectivity index (χ3n) is 6.27. The predicted molar refractivity (Wildman–Crippen MR) is 156 cm³/mol. The average Bonchev–Trinajstić information content (AvgIpc) is 2.84. The molecule has 0 atom stereocenters. The van der Waals surface area contributed by atoms with Gasteiger partial charge in [0.2, 0.25) is 5.88 Å². The largest absolute Gasteiger partial charge is 0.481 e. The van der Waals surface area contributed by atoms with Gasteiger partial charge < -0.3 is 24.6 Å². The van der Waals surface area contributed by atoms with Gasteiger partial charge in [-0.2, -0.15) is 4.99 Å². The molecule has 214 valence electrons. The van der Waals surface area contributed by atoms with Crippen LogP contribution in [-0.4, -0.2) is 83.5 Å². The summed E-state index contributed by atoms with van der Waals surface area (Å²) in [6.45, 7) is 6.05. The van der Waals surface area contributed by atoms with Gasteiger partial charge in [-0.05, 0) is 76.5 Å². The number of hydrogen-bond donors (Lipinski definition) is 3. The average molecular weight is 560 g/mol. The Bertz CT molecular complexity index is 1170. The highest BCUT2D eigenvalue weighted by atomic mass is 32.3. The second kappa shape index (κ2) is 13.3. The highest BCUT2D eigenvalue weighted by Crippen LogP contribution is 2.33. The quantitative estimate of drug-likeness (QED) is 0.150. The van der Waals surface area contributed by atoms with Crippen LogP contribution in [0.25, 0.3) is 11.3 Å². The summed E-state index contributed by atoms with van der Waals surface area (Å²) in [5, 5.41) is 20.8. The lowest BCUT2D eigenvalue weighted by atomic mass is 9.95. The second-order valence-corrected chi connectivity index (χ2v) is 15.8. The number of nitrogens with one attached hydrogen (secondary N) is 2. The maximum absolute atomic E-state index is 11.3. The molecule has 2 heterocycles. The van der Waals surface area contributed by atoms with Crippen LogP contribution in [0, 0.1) is 17.7 Å². The molecule has 0 bridgehead atoms. The standard InChI is InChI=1S/C28H41N5O5S/c1-19-14-24(37-17-28(2,3)26(34)35)31-16-22(19)23-11-10-20(15-30-23)25(29)33-27(38-21-8-7-9-21)32-18-36-12-13-39(4,5)6/h10-11,14-16,21H,7-9,12-13,17-18H2,1-6H3,(H,34,35)(H2,29,32,33). The van der Waals surface area contributed by atoms with Crippen molar-refractivity contribution in [2.24, 2.45) is 10.4 Å². The van der Waals surface area contributed by atoms with Crippen LogP contribution in [0.15, 0.2) is 35.6 Å². The smallest absolute Gasteiger partial charge is 0.312 e. The van der Waals surface area contributed by atoms with Crippen molar-refractivity contribution in [3.8, 4) is 17.1 Å². The molecular formula is C28H41N5O5S. The predicted octanol–water partition coefficient (Wildman–Crippen LogP) is 4.45. The van der Waals surface area contributed by atoms with Crippen LogP contribution in [0.4, 0.5) is 0 Å². The van der Waals surface area contributed by atoms with Crippen molar-refractivity contribution >= 4 is 27.9 Å². The van der Waals surface area contributed by atoms with Crippen molar-refractivity contribution in [1.82, 2.24) is 15.3 Å². The second-order valence-electron chi connectivity index (χ2n) is 11.2. The number of ether oxygens (including phenoxy) is 3. The molecule has 1 saturated carbocycles. The topological polar surface area (TPSA) is 139 Å². The summed E-state index contributed by atoms with van der Waals surface area (Å²) < 4.78 is 17.3. The van der Waals surface area contributed by atoms with E-state index in [-0.39, 0.29) is 25.3 Å². The highest BCUT2D eigenvalue weighted by molar-refractivity contribution is 8.32. The van der Waals surface area contributed by atoms with Crippen LogP contribution in [-0.2, 0) is 14.3 Å². The van der Waals surface area contributed by atoms with Gasteiger partial charge in [-0.3, -0.25) is 15.2 Å². The highest BCUT2D eigenvalue weighted by Gasteiger charge is 2.28. The summed E-state index contributed by atoms with van der Waals surface area (Å²) in [5.74, 6) is 0.479. The van der Waals surface area contributed by atoms with E-state index in [1.54, 1.807) is 38.4 Å². The van der Waals surface area contributed by atoms with E-state index in [9.17, 15) is 9.90 Å². The van der Waals surface area contributed by atoms with E-state index >= 15 is 0 Å². The van der Waals surface area contributed by atoms with Gasteiger partial charge in [0.05, 0.1) is 17.7 Å². The Morgan fingerprint density at radius 1 is 1.23 bits per heavy atom. The summed E-state index contributed by atoms with van der Waals surface area (Å²) in [4.78, 5) is 24.5. The summed E-state index contributed by atoms with van der Waals surface area (Å²) in [6, 6.07) is 5.65. The summed E-state index contributed by atoms with van der Waals surface area (Å²) in [6.07, 6.45) is 13.2. The molecule has 2 aromatic rings. The molecule has 11 heteroatoms. The Labute approximate surface area is 232 Å². The fraction of sp³-hybridized carbons (Fsp3) is 0.536. The van der Waals surface area contributed by atoms with Crippen molar-refractivity contribution in [3.05, 3.63) is 41.7 Å². The van der Waals surface area contributed by atoms with E-state index in [1.165, 1.54) is 0 Å². The number of amidine groups is 2. The Morgan fingerprint density at radius 2 is 1.97 bits per heavy atom. The van der Waals surface area contributed by atoms with Gasteiger partial charge in [0.25, 0.3) is 6.02 Å². The van der Waals surface area contributed by atoms with Crippen molar-refractivity contribution in [1.29, 1.82) is 5.41 Å². The molecule has 0 aromatic carbocycles. The first-order valence-electron chi connectivity index (χ1n) is 13.0. The molecule has 10 nitrogen and oxygen atoms in total. The van der Waals surface area contributed by atoms with E-state index in [4.69, 9.17) is 19.6 Å². The van der Waals surface area contributed by atoms with Gasteiger partial charge in [0, 0.05) is 35.3 Å². The van der Waals surface area contributed by atoms with E-state index in [0.29, 0.717) is 29.8 Å². The van der Waals surface area contributed by atoms with Gasteiger partial charge in [-0.15, -0.1) is 0 Å². The van der Waals surface area contributed by atoms with E-state index in [2.05, 4.69) is 39.0 Å². The molecule has 0 aliphatic heterocycles. The number of aromatic nitrogens is 2. The van der Waals surface area contributed by atoms with E-state index in [1.807, 2.05) is 13.0 Å². The molecule has 39 heavy (non-hydrogen) atoms. The van der Waals surface area contributed by atoms with Crippen molar-refractivity contribution in [2.75, 3.05) is 44.5 Å². The van der Waals surface area contributed by atoms with Gasteiger partial charge in [0.15, 0.2) is 5.84 Å². The van der Waals surface area contributed by atoms with Crippen molar-refractivity contribution in [3.63, 3.8) is 0 Å². The molecule has 1 aliphatic rings. The Hall–Kier alpha value is -3.18. The number of carbonyl (C=O) groups is 1. The first-order chi connectivity index (χ1) is 18.3. The number of aliphatic carboxylic acids is 1. The minimum absolute atomic E-state index is 0.00891. The number of aryl methyl sites for hydroxylation is 1. The maximum Gasteiger partial charge on any atom is 0.312 e. The van der Waals surface area contributed by atoms with Crippen LogP contribution in [0.5, 0.6) is 5.88 Å². The zero-order valence-corrected chi connectivity index (χ0v) is 24.6. The van der Waals surface area contributed by atoms with Crippen LogP contribution in [0.1, 0.15) is 44.2 Å². The number of nitrogens with zero attached hydrogens (tertiary/aromatic N) is 3. The molecule has 0 radical (unpaired) electrons. The number of hydrogen-bond acceptors (Lipinski definition) is 7. The zero-order chi connectivity index (χ0) is 28.6. The van der Waals surface area contributed by atoms with Gasteiger partial charge in [0.1, 0.15) is 19.4 Å². The monoisotopic (exact) mass is 559 g/mol. The van der Waals surface area contributed by atoms with Crippen LogP contribution in [0.2, 0.25) is 0 Å². The minimum atomic E-state index is -1.02. The van der Waals surface area contributed by atoms with E-state index < -0.39 is 21.4 Å². The molecule has 0 saturated heterocycles. The molecule has 1 fully saturated rings. The maximum atomic E-state index is 11.3. The van der Waals surface area contributed by atoms with Crippen LogP contribution < -0.4 is 10.1 Å². The summed E-state index contributed by atoms with van der Waals surface area (Å²) in [5.41, 5.74) is 1.92.